The second-order valence-electron chi connectivity index (χ2n) is 6.41. The topological polar surface area (TPSA) is 64.0 Å². The largest absolute Gasteiger partial charge is 0.487 e. The molecule has 1 aromatic heterocycles. The van der Waals surface area contributed by atoms with Gasteiger partial charge in [0.15, 0.2) is 11.4 Å². The standard InChI is InChI=1S/C17H24BrN3O4/c1-3-4-9-25-16-14-17(23)19-7-5-12(24-2)6-8-20(11-19)21(14)10-13(18)15(16)22/h10,12H,3-9,11H2,1-2H3. The van der Waals surface area contributed by atoms with Crippen molar-refractivity contribution in [3.63, 3.8) is 0 Å². The number of carbonyl (C=O) groups excluding carboxylic acids is 1. The molecule has 0 saturated carbocycles. The van der Waals surface area contributed by atoms with Gasteiger partial charge in [0, 0.05) is 26.4 Å². The molecule has 0 aliphatic carbocycles. The van der Waals surface area contributed by atoms with Crippen molar-refractivity contribution in [2.24, 2.45) is 0 Å². The van der Waals surface area contributed by atoms with E-state index in [0.29, 0.717) is 30.0 Å². The first kappa shape index (κ1) is 18.3. The van der Waals surface area contributed by atoms with Crippen LogP contribution in [-0.2, 0) is 4.74 Å². The van der Waals surface area contributed by atoms with Crippen LogP contribution in [0.15, 0.2) is 15.5 Å². The van der Waals surface area contributed by atoms with Crippen molar-refractivity contribution in [3.05, 3.63) is 26.6 Å². The van der Waals surface area contributed by atoms with Crippen LogP contribution in [0, 0.1) is 0 Å². The summed E-state index contributed by atoms with van der Waals surface area (Å²) < 4.78 is 13.4. The number of methoxy groups -OCH3 is 1. The van der Waals surface area contributed by atoms with E-state index < -0.39 is 0 Å². The minimum atomic E-state index is -0.274. The lowest BCUT2D eigenvalue weighted by atomic mass is 10.1. The molecule has 1 saturated heterocycles. The van der Waals surface area contributed by atoms with Crippen molar-refractivity contribution in [1.82, 2.24) is 9.58 Å². The lowest BCUT2D eigenvalue weighted by Gasteiger charge is -2.42. The highest BCUT2D eigenvalue weighted by Crippen LogP contribution is 2.26. The van der Waals surface area contributed by atoms with Gasteiger partial charge in [-0.15, -0.1) is 0 Å². The van der Waals surface area contributed by atoms with E-state index in [1.54, 1.807) is 22.9 Å². The molecular formula is C17H24BrN3O4. The number of rotatable bonds is 5. The molecule has 7 nitrogen and oxygen atoms in total. The maximum atomic E-state index is 13.0. The third kappa shape index (κ3) is 3.55. The van der Waals surface area contributed by atoms with E-state index in [0.717, 1.165) is 32.2 Å². The van der Waals surface area contributed by atoms with E-state index >= 15 is 0 Å². The van der Waals surface area contributed by atoms with Crippen molar-refractivity contribution in [1.29, 1.82) is 0 Å². The Balaban J connectivity index is 2.03. The number of ether oxygens (including phenoxy) is 2. The molecule has 1 fully saturated rings. The maximum Gasteiger partial charge on any atom is 0.277 e. The summed E-state index contributed by atoms with van der Waals surface area (Å²) in [5.74, 6) is -0.0181. The molecule has 3 rings (SSSR count). The Hall–Kier alpha value is -1.54. The summed E-state index contributed by atoms with van der Waals surface area (Å²) in [5, 5.41) is 2.05. The Kier molecular flexibility index (Phi) is 5.68. The third-order valence-corrected chi connectivity index (χ3v) is 5.30. The maximum absolute atomic E-state index is 13.0. The van der Waals surface area contributed by atoms with Gasteiger partial charge in [0.25, 0.3) is 5.91 Å². The summed E-state index contributed by atoms with van der Waals surface area (Å²) in [6, 6.07) is 0. The van der Waals surface area contributed by atoms with Crippen LogP contribution < -0.4 is 15.2 Å². The number of unbranched alkanes of at least 4 members (excludes halogenated alkanes) is 1. The van der Waals surface area contributed by atoms with Gasteiger partial charge < -0.3 is 14.4 Å². The monoisotopic (exact) mass is 413 g/mol. The van der Waals surface area contributed by atoms with E-state index in [1.807, 2.05) is 0 Å². The van der Waals surface area contributed by atoms with Crippen LogP contribution in [0.2, 0.25) is 0 Å². The zero-order valence-corrected chi connectivity index (χ0v) is 16.3. The summed E-state index contributed by atoms with van der Waals surface area (Å²) in [6.45, 7) is 4.32. The van der Waals surface area contributed by atoms with E-state index in [1.165, 1.54) is 0 Å². The Labute approximate surface area is 155 Å². The van der Waals surface area contributed by atoms with Crippen LogP contribution in [0.4, 0.5) is 0 Å². The molecule has 1 aromatic rings. The fourth-order valence-corrected chi connectivity index (χ4v) is 3.60. The second-order valence-corrected chi connectivity index (χ2v) is 7.26. The van der Waals surface area contributed by atoms with Crippen molar-refractivity contribution in [2.75, 3.05) is 38.5 Å². The van der Waals surface area contributed by atoms with Gasteiger partial charge in [-0.25, -0.2) is 0 Å². The minimum Gasteiger partial charge on any atom is -0.487 e. The zero-order valence-electron chi connectivity index (χ0n) is 14.7. The van der Waals surface area contributed by atoms with Gasteiger partial charge in [0.05, 0.1) is 17.2 Å². The molecule has 0 aromatic carbocycles. The molecular weight excluding hydrogens is 390 g/mol. The lowest BCUT2D eigenvalue weighted by molar-refractivity contribution is 0.0473. The van der Waals surface area contributed by atoms with E-state index in [9.17, 15) is 9.59 Å². The number of halogens is 1. The van der Waals surface area contributed by atoms with E-state index in [-0.39, 0.29) is 23.2 Å². The summed E-state index contributed by atoms with van der Waals surface area (Å²) in [6.07, 6.45) is 5.26. The molecule has 2 bridgehead atoms. The number of pyridine rings is 1. The predicted molar refractivity (Wildman–Crippen MR) is 97.8 cm³/mol. The van der Waals surface area contributed by atoms with Gasteiger partial charge in [0.1, 0.15) is 6.67 Å². The van der Waals surface area contributed by atoms with Crippen LogP contribution in [-0.4, -0.2) is 55.1 Å². The molecule has 8 heteroatoms. The summed E-state index contributed by atoms with van der Waals surface area (Å²) in [7, 11) is 1.70. The van der Waals surface area contributed by atoms with Crippen LogP contribution in [0.25, 0.3) is 0 Å². The lowest BCUT2D eigenvalue weighted by Crippen LogP contribution is -2.56. The molecule has 25 heavy (non-hydrogen) atoms. The quantitative estimate of drug-likeness (QED) is 0.690. The van der Waals surface area contributed by atoms with Gasteiger partial charge in [0.2, 0.25) is 5.43 Å². The summed E-state index contributed by atoms with van der Waals surface area (Å²) in [5.41, 5.74) is 0.0516. The number of fused-ring (bicyclic) bond motifs is 4. The molecule has 0 radical (unpaired) electrons. The Bertz CT molecular complexity index is 706. The predicted octanol–water partition coefficient (Wildman–Crippen LogP) is 1.95. The van der Waals surface area contributed by atoms with E-state index in [2.05, 4.69) is 27.9 Å². The Morgan fingerprint density at radius 2 is 2.04 bits per heavy atom. The van der Waals surface area contributed by atoms with Crippen LogP contribution in [0.1, 0.15) is 43.1 Å². The molecule has 1 atom stereocenters. The first-order valence-electron chi connectivity index (χ1n) is 8.72. The second kappa shape index (κ2) is 7.78. The highest BCUT2D eigenvalue weighted by atomic mass is 79.9. The van der Waals surface area contributed by atoms with Crippen LogP contribution in [0.3, 0.4) is 0 Å². The van der Waals surface area contributed by atoms with Gasteiger partial charge in [-0.2, -0.15) is 0 Å². The Morgan fingerprint density at radius 3 is 2.76 bits per heavy atom. The first-order chi connectivity index (χ1) is 12.1. The van der Waals surface area contributed by atoms with Gasteiger partial charge in [-0.05, 0) is 35.2 Å². The smallest absolute Gasteiger partial charge is 0.277 e. The number of carbonyl (C=O) groups is 1. The van der Waals surface area contributed by atoms with Crippen molar-refractivity contribution in [2.45, 2.75) is 38.7 Å². The summed E-state index contributed by atoms with van der Waals surface area (Å²) >= 11 is 3.31. The molecule has 138 valence electrons. The summed E-state index contributed by atoms with van der Waals surface area (Å²) in [4.78, 5) is 27.3. The van der Waals surface area contributed by atoms with Crippen molar-refractivity contribution < 1.29 is 14.3 Å². The van der Waals surface area contributed by atoms with Crippen molar-refractivity contribution in [3.8, 4) is 5.75 Å². The molecule has 0 N–H and O–H groups in total. The normalized spacial score (nSPS) is 20.1. The zero-order chi connectivity index (χ0) is 18.0. The number of hydrogen-bond acceptors (Lipinski definition) is 5. The minimum absolute atomic E-state index is 0.128. The SMILES string of the molecule is CCCCOc1c2n(cc(Br)c1=O)N1CCC(OC)CCN(C1)C2=O. The van der Waals surface area contributed by atoms with Crippen molar-refractivity contribution >= 4 is 21.8 Å². The average Bonchev–Trinajstić information content (AvgIpc) is 2.58. The van der Waals surface area contributed by atoms with Crippen LogP contribution >= 0.6 is 15.9 Å². The Morgan fingerprint density at radius 1 is 1.28 bits per heavy atom. The number of aromatic nitrogens is 1. The van der Waals surface area contributed by atoms with Gasteiger partial charge in [-0.1, -0.05) is 13.3 Å². The molecule has 1 unspecified atom stereocenters. The highest BCUT2D eigenvalue weighted by molar-refractivity contribution is 9.10. The molecule has 1 amide bonds. The van der Waals surface area contributed by atoms with E-state index in [4.69, 9.17) is 9.47 Å². The number of amides is 1. The van der Waals surface area contributed by atoms with Crippen LogP contribution in [0.5, 0.6) is 5.75 Å². The highest BCUT2D eigenvalue weighted by Gasteiger charge is 2.35. The molecule has 0 spiro atoms. The average molecular weight is 414 g/mol. The van der Waals surface area contributed by atoms with Gasteiger partial charge >= 0.3 is 0 Å². The molecule has 3 heterocycles. The number of nitrogens with zero attached hydrogens (tertiary/aromatic N) is 3. The molecule has 2 aliphatic rings. The number of hydrogen-bond donors (Lipinski definition) is 0. The third-order valence-electron chi connectivity index (χ3n) is 4.74. The fourth-order valence-electron chi connectivity index (χ4n) is 3.22. The fraction of sp³-hybridized carbons (Fsp3) is 0.647. The van der Waals surface area contributed by atoms with Gasteiger partial charge in [-0.3, -0.25) is 19.3 Å². The molecule has 2 aliphatic heterocycles. The first-order valence-corrected chi connectivity index (χ1v) is 9.51.